The topological polar surface area (TPSA) is 37.4 Å². The van der Waals surface area contributed by atoms with Crippen molar-refractivity contribution in [2.45, 2.75) is 11.3 Å². The molecule has 1 fully saturated rings. The molecule has 0 radical (unpaired) electrons. The zero-order chi connectivity index (χ0) is 19.6. The zero-order valence-electron chi connectivity index (χ0n) is 15.8. The summed E-state index contributed by atoms with van der Waals surface area (Å²) >= 11 is 0. The molecule has 142 valence electrons. The number of likely N-dealkylation sites (tertiary alicyclic amines) is 1. The largest absolute Gasteiger partial charge is 0.361 e. The molecule has 3 aromatic rings. The SMILES string of the molecule is CS(=O)(=O)C1CN(C(c2ccccc2)c2ccccc2)/C1=C\c1ccccc1. The van der Waals surface area contributed by atoms with Crippen LogP contribution >= 0.6 is 0 Å². The van der Waals surface area contributed by atoms with Crippen molar-refractivity contribution in [1.82, 2.24) is 4.90 Å². The van der Waals surface area contributed by atoms with Gasteiger partial charge in [-0.05, 0) is 22.8 Å². The Morgan fingerprint density at radius 1 is 0.821 bits per heavy atom. The van der Waals surface area contributed by atoms with E-state index in [2.05, 4.69) is 29.2 Å². The minimum Gasteiger partial charge on any atom is -0.361 e. The number of nitrogens with zero attached hydrogens (tertiary/aromatic N) is 1. The Kier molecular flexibility index (Phi) is 5.05. The summed E-state index contributed by atoms with van der Waals surface area (Å²) in [7, 11) is -3.18. The van der Waals surface area contributed by atoms with E-state index >= 15 is 0 Å². The van der Waals surface area contributed by atoms with E-state index in [0.29, 0.717) is 6.54 Å². The Bertz CT molecular complexity index is 1020. The predicted molar refractivity (Wildman–Crippen MR) is 114 cm³/mol. The van der Waals surface area contributed by atoms with Crippen LogP contribution in [0.4, 0.5) is 0 Å². The van der Waals surface area contributed by atoms with Gasteiger partial charge in [0.15, 0.2) is 9.84 Å². The number of rotatable bonds is 5. The first-order valence-corrected chi connectivity index (χ1v) is 11.3. The second-order valence-electron chi connectivity index (χ2n) is 7.17. The molecular weight excluding hydrogens is 366 g/mol. The molecule has 0 spiro atoms. The molecule has 1 unspecified atom stereocenters. The van der Waals surface area contributed by atoms with Crippen LogP contribution < -0.4 is 0 Å². The van der Waals surface area contributed by atoms with E-state index in [4.69, 9.17) is 0 Å². The van der Waals surface area contributed by atoms with E-state index in [1.165, 1.54) is 6.26 Å². The average Bonchev–Trinajstić information content (AvgIpc) is 2.70. The lowest BCUT2D eigenvalue weighted by Crippen LogP contribution is -2.53. The molecule has 1 aliphatic heterocycles. The fourth-order valence-corrected chi connectivity index (χ4v) is 4.85. The van der Waals surface area contributed by atoms with Gasteiger partial charge < -0.3 is 4.90 Å². The summed E-state index contributed by atoms with van der Waals surface area (Å²) in [6, 6.07) is 30.4. The molecule has 4 heteroatoms. The van der Waals surface area contributed by atoms with Gasteiger partial charge in [0.25, 0.3) is 0 Å². The van der Waals surface area contributed by atoms with Crippen LogP contribution in [0.5, 0.6) is 0 Å². The van der Waals surface area contributed by atoms with Gasteiger partial charge in [-0.15, -0.1) is 0 Å². The maximum atomic E-state index is 12.4. The van der Waals surface area contributed by atoms with E-state index in [-0.39, 0.29) is 6.04 Å². The van der Waals surface area contributed by atoms with E-state index in [9.17, 15) is 8.42 Å². The molecule has 3 aromatic carbocycles. The number of hydrogen-bond donors (Lipinski definition) is 0. The molecule has 0 aliphatic carbocycles. The van der Waals surface area contributed by atoms with Gasteiger partial charge in [-0.25, -0.2) is 8.42 Å². The number of hydrogen-bond acceptors (Lipinski definition) is 3. The molecule has 0 aromatic heterocycles. The van der Waals surface area contributed by atoms with Gasteiger partial charge in [-0.3, -0.25) is 0 Å². The normalized spacial score (nSPS) is 18.3. The monoisotopic (exact) mass is 389 g/mol. The quantitative estimate of drug-likeness (QED) is 0.643. The molecule has 4 rings (SSSR count). The lowest BCUT2D eigenvalue weighted by atomic mass is 9.92. The van der Waals surface area contributed by atoms with Gasteiger partial charge in [0.2, 0.25) is 0 Å². The fraction of sp³-hybridized carbons (Fsp3) is 0.167. The molecule has 1 heterocycles. The maximum absolute atomic E-state index is 12.4. The number of benzene rings is 3. The lowest BCUT2D eigenvalue weighted by Gasteiger charge is -2.48. The van der Waals surface area contributed by atoms with Crippen LogP contribution in [0.3, 0.4) is 0 Å². The summed E-state index contributed by atoms with van der Waals surface area (Å²) in [6.45, 7) is 0.492. The average molecular weight is 390 g/mol. The van der Waals surface area contributed by atoms with Crippen LogP contribution in [0.25, 0.3) is 6.08 Å². The van der Waals surface area contributed by atoms with Crippen LogP contribution in [-0.2, 0) is 9.84 Å². The van der Waals surface area contributed by atoms with Crippen molar-refractivity contribution in [3.63, 3.8) is 0 Å². The molecule has 1 saturated heterocycles. The van der Waals surface area contributed by atoms with Crippen LogP contribution in [0.2, 0.25) is 0 Å². The van der Waals surface area contributed by atoms with Crippen LogP contribution in [-0.4, -0.2) is 31.4 Å². The molecule has 1 atom stereocenters. The van der Waals surface area contributed by atoms with Crippen LogP contribution in [0, 0.1) is 0 Å². The van der Waals surface area contributed by atoms with Crippen molar-refractivity contribution in [2.75, 3.05) is 12.8 Å². The molecule has 0 saturated carbocycles. The van der Waals surface area contributed by atoms with Crippen molar-refractivity contribution in [2.24, 2.45) is 0 Å². The van der Waals surface area contributed by atoms with Crippen LogP contribution in [0.1, 0.15) is 22.7 Å². The Balaban J connectivity index is 1.80. The summed E-state index contributed by atoms with van der Waals surface area (Å²) in [5.74, 6) is 0. The van der Waals surface area contributed by atoms with Crippen molar-refractivity contribution in [1.29, 1.82) is 0 Å². The maximum Gasteiger partial charge on any atom is 0.157 e. The van der Waals surface area contributed by atoms with Gasteiger partial charge in [-0.2, -0.15) is 0 Å². The molecule has 3 nitrogen and oxygen atoms in total. The van der Waals surface area contributed by atoms with Gasteiger partial charge in [0.05, 0.1) is 6.04 Å². The van der Waals surface area contributed by atoms with E-state index in [0.717, 1.165) is 22.4 Å². The number of sulfone groups is 1. The van der Waals surface area contributed by atoms with Crippen molar-refractivity contribution in [3.8, 4) is 0 Å². The fourth-order valence-electron chi connectivity index (χ4n) is 3.78. The summed E-state index contributed by atoms with van der Waals surface area (Å²) in [5.41, 5.74) is 4.17. The van der Waals surface area contributed by atoms with Crippen molar-refractivity contribution < 1.29 is 8.42 Å². The smallest absolute Gasteiger partial charge is 0.157 e. The summed E-state index contributed by atoms with van der Waals surface area (Å²) in [5, 5.41) is -0.470. The minimum absolute atomic E-state index is 0.0182. The minimum atomic E-state index is -3.18. The second kappa shape index (κ2) is 7.64. The Labute approximate surface area is 166 Å². The predicted octanol–water partition coefficient (Wildman–Crippen LogP) is 4.55. The first-order chi connectivity index (χ1) is 13.5. The highest BCUT2D eigenvalue weighted by molar-refractivity contribution is 7.91. The van der Waals surface area contributed by atoms with Gasteiger partial charge in [0, 0.05) is 18.5 Å². The summed E-state index contributed by atoms with van der Waals surface area (Å²) in [4.78, 5) is 2.21. The summed E-state index contributed by atoms with van der Waals surface area (Å²) < 4.78 is 24.8. The third-order valence-corrected chi connectivity index (χ3v) is 6.62. The first kappa shape index (κ1) is 18.5. The molecule has 1 aliphatic rings. The van der Waals surface area contributed by atoms with Gasteiger partial charge in [-0.1, -0.05) is 91.0 Å². The standard InChI is InChI=1S/C24H23NO2S/c1-28(26,27)23-18-25(22(23)17-19-11-5-2-6-12-19)24(20-13-7-3-8-14-20)21-15-9-4-10-16-21/h2-17,23-24H,18H2,1H3/b22-17-. The third-order valence-electron chi connectivity index (χ3n) is 5.20. The molecule has 0 N–H and O–H groups in total. The van der Waals surface area contributed by atoms with E-state index in [1.807, 2.05) is 72.8 Å². The first-order valence-electron chi connectivity index (χ1n) is 9.36. The third kappa shape index (κ3) is 3.73. The van der Waals surface area contributed by atoms with Gasteiger partial charge in [0.1, 0.15) is 5.25 Å². The Morgan fingerprint density at radius 2 is 1.29 bits per heavy atom. The second-order valence-corrected chi connectivity index (χ2v) is 9.40. The summed E-state index contributed by atoms with van der Waals surface area (Å²) in [6.07, 6.45) is 3.34. The molecule has 28 heavy (non-hydrogen) atoms. The highest BCUT2D eigenvalue weighted by Gasteiger charge is 2.43. The van der Waals surface area contributed by atoms with E-state index < -0.39 is 15.1 Å². The van der Waals surface area contributed by atoms with Gasteiger partial charge >= 0.3 is 0 Å². The Hall–Kier alpha value is -2.85. The molecule has 0 amide bonds. The molecular formula is C24H23NO2S. The van der Waals surface area contributed by atoms with Crippen molar-refractivity contribution in [3.05, 3.63) is 113 Å². The zero-order valence-corrected chi connectivity index (χ0v) is 16.6. The Morgan fingerprint density at radius 3 is 1.75 bits per heavy atom. The lowest BCUT2D eigenvalue weighted by molar-refractivity contribution is 0.215. The molecule has 0 bridgehead atoms. The van der Waals surface area contributed by atoms with Crippen LogP contribution in [0.15, 0.2) is 96.7 Å². The highest BCUT2D eigenvalue weighted by Crippen LogP contribution is 2.41. The van der Waals surface area contributed by atoms with E-state index in [1.54, 1.807) is 0 Å². The highest BCUT2D eigenvalue weighted by atomic mass is 32.2. The van der Waals surface area contributed by atoms with Crippen molar-refractivity contribution >= 4 is 15.9 Å².